The van der Waals surface area contributed by atoms with Crippen molar-refractivity contribution < 1.29 is 4.79 Å². The highest BCUT2D eigenvalue weighted by molar-refractivity contribution is 5.78. The molecule has 82 valence electrons. The Hall–Kier alpha value is -1.35. The molecule has 3 N–H and O–H groups in total. The van der Waals surface area contributed by atoms with Gasteiger partial charge in [-0.25, -0.2) is 0 Å². The summed E-state index contributed by atoms with van der Waals surface area (Å²) in [6.45, 7) is 2.57. The third-order valence-electron chi connectivity index (χ3n) is 2.21. The summed E-state index contributed by atoms with van der Waals surface area (Å²) < 4.78 is 0. The number of nitrogens with one attached hydrogen (secondary N) is 1. The van der Waals surface area contributed by atoms with Crippen molar-refractivity contribution in [2.24, 2.45) is 5.73 Å². The Balaban J connectivity index is 2.36. The van der Waals surface area contributed by atoms with Crippen LogP contribution in [0.25, 0.3) is 0 Å². The van der Waals surface area contributed by atoms with E-state index in [0.29, 0.717) is 13.0 Å². The van der Waals surface area contributed by atoms with E-state index < -0.39 is 0 Å². The average molecular weight is 206 g/mol. The molecule has 3 heteroatoms. The Morgan fingerprint density at radius 2 is 2.07 bits per heavy atom. The summed E-state index contributed by atoms with van der Waals surface area (Å²) >= 11 is 0. The second-order valence-corrected chi connectivity index (χ2v) is 3.71. The molecule has 15 heavy (non-hydrogen) atoms. The monoisotopic (exact) mass is 206 g/mol. The quantitative estimate of drug-likeness (QED) is 0.757. The van der Waals surface area contributed by atoms with Crippen LogP contribution in [0.1, 0.15) is 18.9 Å². The molecular weight excluding hydrogens is 188 g/mol. The predicted molar refractivity (Wildman–Crippen MR) is 61.4 cm³/mol. The number of carbonyl (C=O) groups is 1. The van der Waals surface area contributed by atoms with E-state index in [4.69, 9.17) is 5.73 Å². The van der Waals surface area contributed by atoms with Gasteiger partial charge in [0.15, 0.2) is 0 Å². The summed E-state index contributed by atoms with van der Waals surface area (Å²) in [6.07, 6.45) is 1.26. The number of amides is 1. The first-order chi connectivity index (χ1) is 7.22. The second kappa shape index (κ2) is 6.19. The molecular formula is C12H18N2O. The van der Waals surface area contributed by atoms with Crippen LogP contribution in [0.4, 0.5) is 0 Å². The van der Waals surface area contributed by atoms with Gasteiger partial charge in [0.2, 0.25) is 5.91 Å². The Morgan fingerprint density at radius 1 is 1.40 bits per heavy atom. The molecule has 1 aromatic rings. The lowest BCUT2D eigenvalue weighted by Crippen LogP contribution is -2.35. The molecule has 0 aliphatic carbocycles. The fourth-order valence-electron chi connectivity index (χ4n) is 1.43. The Bertz CT molecular complexity index is 298. The smallest absolute Gasteiger partial charge is 0.224 e. The Morgan fingerprint density at radius 3 is 2.67 bits per heavy atom. The summed E-state index contributed by atoms with van der Waals surface area (Å²) in [4.78, 5) is 11.5. The number of benzene rings is 1. The van der Waals surface area contributed by atoms with E-state index >= 15 is 0 Å². The first-order valence-electron chi connectivity index (χ1n) is 5.25. The van der Waals surface area contributed by atoms with Crippen molar-refractivity contribution in [3.8, 4) is 0 Å². The van der Waals surface area contributed by atoms with Gasteiger partial charge in [0.1, 0.15) is 0 Å². The average Bonchev–Trinajstić information content (AvgIpc) is 2.19. The highest BCUT2D eigenvalue weighted by Crippen LogP contribution is 1.99. The van der Waals surface area contributed by atoms with E-state index in [1.807, 2.05) is 37.3 Å². The zero-order valence-electron chi connectivity index (χ0n) is 9.07. The van der Waals surface area contributed by atoms with Gasteiger partial charge in [0.05, 0.1) is 6.42 Å². The van der Waals surface area contributed by atoms with Crippen LogP contribution in [-0.2, 0) is 11.2 Å². The molecule has 0 saturated carbocycles. The van der Waals surface area contributed by atoms with Crippen molar-refractivity contribution in [1.29, 1.82) is 0 Å². The molecule has 1 atom stereocenters. The van der Waals surface area contributed by atoms with Crippen LogP contribution in [0, 0.1) is 0 Å². The van der Waals surface area contributed by atoms with Crippen LogP contribution in [0.3, 0.4) is 0 Å². The molecule has 0 heterocycles. The maximum absolute atomic E-state index is 11.5. The summed E-state index contributed by atoms with van der Waals surface area (Å²) in [7, 11) is 0. The molecule has 0 spiro atoms. The molecule has 0 fully saturated rings. The fourth-order valence-corrected chi connectivity index (χ4v) is 1.43. The van der Waals surface area contributed by atoms with E-state index in [9.17, 15) is 4.79 Å². The molecule has 1 unspecified atom stereocenters. The van der Waals surface area contributed by atoms with Crippen LogP contribution < -0.4 is 11.1 Å². The van der Waals surface area contributed by atoms with Crippen molar-refractivity contribution in [3.05, 3.63) is 35.9 Å². The minimum absolute atomic E-state index is 0.0575. The van der Waals surface area contributed by atoms with Gasteiger partial charge in [-0.15, -0.1) is 0 Å². The summed E-state index contributed by atoms with van der Waals surface area (Å²) in [5, 5.41) is 2.91. The number of nitrogens with two attached hydrogens (primary N) is 1. The van der Waals surface area contributed by atoms with E-state index in [1.165, 1.54) is 0 Å². The molecule has 0 aliphatic rings. The van der Waals surface area contributed by atoms with E-state index in [0.717, 1.165) is 12.0 Å². The topological polar surface area (TPSA) is 55.1 Å². The lowest BCUT2D eigenvalue weighted by Gasteiger charge is -2.12. The molecule has 0 aromatic heterocycles. The van der Waals surface area contributed by atoms with Crippen molar-refractivity contribution >= 4 is 5.91 Å². The molecule has 1 aromatic carbocycles. The zero-order chi connectivity index (χ0) is 11.1. The van der Waals surface area contributed by atoms with E-state index in [1.54, 1.807) is 0 Å². The van der Waals surface area contributed by atoms with Crippen LogP contribution in [0.5, 0.6) is 0 Å². The third kappa shape index (κ3) is 4.61. The van der Waals surface area contributed by atoms with Crippen LogP contribution >= 0.6 is 0 Å². The van der Waals surface area contributed by atoms with Gasteiger partial charge >= 0.3 is 0 Å². The van der Waals surface area contributed by atoms with Gasteiger partial charge < -0.3 is 11.1 Å². The van der Waals surface area contributed by atoms with Gasteiger partial charge in [-0.3, -0.25) is 4.79 Å². The minimum atomic E-state index is 0.0575. The SMILES string of the molecule is CC(CCN)NC(=O)Cc1ccccc1. The largest absolute Gasteiger partial charge is 0.353 e. The molecule has 1 rings (SSSR count). The van der Waals surface area contributed by atoms with E-state index in [2.05, 4.69) is 5.32 Å². The van der Waals surface area contributed by atoms with Crippen molar-refractivity contribution in [2.45, 2.75) is 25.8 Å². The number of carbonyl (C=O) groups excluding carboxylic acids is 1. The molecule has 0 saturated heterocycles. The number of hydrogen-bond donors (Lipinski definition) is 2. The minimum Gasteiger partial charge on any atom is -0.353 e. The van der Waals surface area contributed by atoms with Crippen LogP contribution in [-0.4, -0.2) is 18.5 Å². The van der Waals surface area contributed by atoms with Crippen molar-refractivity contribution in [1.82, 2.24) is 5.32 Å². The lowest BCUT2D eigenvalue weighted by molar-refractivity contribution is -0.121. The van der Waals surface area contributed by atoms with Gasteiger partial charge in [-0.1, -0.05) is 30.3 Å². The fraction of sp³-hybridized carbons (Fsp3) is 0.417. The highest BCUT2D eigenvalue weighted by atomic mass is 16.1. The van der Waals surface area contributed by atoms with Gasteiger partial charge in [-0.05, 0) is 25.5 Å². The number of hydrogen-bond acceptors (Lipinski definition) is 2. The zero-order valence-corrected chi connectivity index (χ0v) is 9.07. The van der Waals surface area contributed by atoms with Crippen molar-refractivity contribution in [3.63, 3.8) is 0 Å². The molecule has 3 nitrogen and oxygen atoms in total. The van der Waals surface area contributed by atoms with Gasteiger partial charge in [0.25, 0.3) is 0 Å². The molecule has 0 aliphatic heterocycles. The lowest BCUT2D eigenvalue weighted by atomic mass is 10.1. The molecule has 0 radical (unpaired) electrons. The first-order valence-corrected chi connectivity index (χ1v) is 5.25. The maximum Gasteiger partial charge on any atom is 0.224 e. The standard InChI is InChI=1S/C12H18N2O/c1-10(7-8-13)14-12(15)9-11-5-3-2-4-6-11/h2-6,10H,7-9,13H2,1H3,(H,14,15). The van der Waals surface area contributed by atoms with Crippen LogP contribution in [0.15, 0.2) is 30.3 Å². The maximum atomic E-state index is 11.5. The highest BCUT2D eigenvalue weighted by Gasteiger charge is 2.06. The van der Waals surface area contributed by atoms with Gasteiger partial charge in [0, 0.05) is 6.04 Å². The first kappa shape index (κ1) is 11.7. The predicted octanol–water partition coefficient (Wildman–Crippen LogP) is 1.08. The van der Waals surface area contributed by atoms with Crippen LogP contribution in [0.2, 0.25) is 0 Å². The normalized spacial score (nSPS) is 12.1. The molecule has 1 amide bonds. The summed E-state index contributed by atoms with van der Waals surface area (Å²) in [5.74, 6) is 0.0575. The Kier molecular flexibility index (Phi) is 4.84. The summed E-state index contributed by atoms with van der Waals surface area (Å²) in [5.41, 5.74) is 6.44. The Labute approximate surface area is 90.7 Å². The molecule has 0 bridgehead atoms. The summed E-state index contributed by atoms with van der Waals surface area (Å²) in [6, 6.07) is 9.88. The second-order valence-electron chi connectivity index (χ2n) is 3.71. The van der Waals surface area contributed by atoms with E-state index in [-0.39, 0.29) is 11.9 Å². The third-order valence-corrected chi connectivity index (χ3v) is 2.21. The number of rotatable bonds is 5. The van der Waals surface area contributed by atoms with Crippen molar-refractivity contribution in [2.75, 3.05) is 6.54 Å². The van der Waals surface area contributed by atoms with Gasteiger partial charge in [-0.2, -0.15) is 0 Å².